The van der Waals surface area contributed by atoms with Crippen LogP contribution >= 0.6 is 24.0 Å². The monoisotopic (exact) mass is 495 g/mol. The van der Waals surface area contributed by atoms with E-state index in [9.17, 15) is 13.2 Å². The highest BCUT2D eigenvalue weighted by Gasteiger charge is 2.30. The van der Waals surface area contributed by atoms with Gasteiger partial charge in [-0.2, -0.15) is 13.2 Å². The number of nitrogens with one attached hydrogen (secondary N) is 1. The van der Waals surface area contributed by atoms with Crippen molar-refractivity contribution in [3.05, 3.63) is 35.4 Å². The maximum Gasteiger partial charge on any atom is 0.416 e. The number of rotatable bonds is 4. The molecule has 1 atom stereocenters. The Morgan fingerprint density at radius 2 is 2.19 bits per heavy atom. The number of halogens is 4. The van der Waals surface area contributed by atoms with Crippen molar-refractivity contribution in [3.8, 4) is 11.8 Å². The summed E-state index contributed by atoms with van der Waals surface area (Å²) >= 11 is 0. The lowest BCUT2D eigenvalue weighted by Crippen LogP contribution is -2.40. The zero-order chi connectivity index (χ0) is 19.0. The van der Waals surface area contributed by atoms with Crippen molar-refractivity contribution in [2.75, 3.05) is 39.9 Å². The number of nitrogens with zero attached hydrogens (tertiary/aromatic N) is 2. The van der Waals surface area contributed by atoms with E-state index in [0.29, 0.717) is 11.5 Å². The number of aliphatic imine (C=N–C) groups is 1. The topological polar surface area (TPSA) is 36.9 Å². The Kier molecular flexibility index (Phi) is 9.94. The van der Waals surface area contributed by atoms with Gasteiger partial charge in [0.15, 0.2) is 5.96 Å². The fourth-order valence-electron chi connectivity index (χ4n) is 2.85. The van der Waals surface area contributed by atoms with Crippen LogP contribution in [0.15, 0.2) is 29.3 Å². The minimum atomic E-state index is -4.36. The van der Waals surface area contributed by atoms with E-state index in [1.807, 2.05) is 6.92 Å². The molecule has 8 heteroatoms. The van der Waals surface area contributed by atoms with E-state index < -0.39 is 11.7 Å². The van der Waals surface area contributed by atoms with Gasteiger partial charge in [0.1, 0.15) is 6.54 Å². The molecular weight excluding hydrogens is 470 g/mol. The molecule has 27 heavy (non-hydrogen) atoms. The number of hydrogen-bond donors (Lipinski definition) is 1. The van der Waals surface area contributed by atoms with Gasteiger partial charge in [0.25, 0.3) is 0 Å². The fourth-order valence-corrected chi connectivity index (χ4v) is 2.85. The summed E-state index contributed by atoms with van der Waals surface area (Å²) in [5.41, 5.74) is -0.358. The second-order valence-corrected chi connectivity index (χ2v) is 6.11. The highest BCUT2D eigenvalue weighted by atomic mass is 127. The molecule has 1 saturated heterocycles. The summed E-state index contributed by atoms with van der Waals surface area (Å²) in [6.07, 6.45) is -3.31. The Labute approximate surface area is 175 Å². The molecule has 1 fully saturated rings. The average Bonchev–Trinajstić information content (AvgIpc) is 3.06. The van der Waals surface area contributed by atoms with E-state index in [2.05, 4.69) is 27.0 Å². The Hall–Kier alpha value is -1.47. The molecule has 2 rings (SSSR count). The first-order chi connectivity index (χ1) is 12.4. The molecule has 150 valence electrons. The molecule has 1 aromatic carbocycles. The van der Waals surface area contributed by atoms with Crippen LogP contribution in [0.1, 0.15) is 24.5 Å². The molecule has 4 nitrogen and oxygen atoms in total. The smallest absolute Gasteiger partial charge is 0.384 e. The van der Waals surface area contributed by atoms with Crippen LogP contribution < -0.4 is 5.32 Å². The minimum absolute atomic E-state index is 0. The lowest BCUT2D eigenvalue weighted by atomic mass is 10.1. The van der Waals surface area contributed by atoms with Crippen LogP contribution in [-0.4, -0.2) is 50.8 Å². The van der Waals surface area contributed by atoms with E-state index in [0.717, 1.165) is 50.8 Å². The van der Waals surface area contributed by atoms with E-state index in [-0.39, 0.29) is 30.5 Å². The number of ether oxygens (including phenoxy) is 1. The van der Waals surface area contributed by atoms with Crippen LogP contribution in [0.4, 0.5) is 13.2 Å². The molecule has 1 aromatic rings. The van der Waals surface area contributed by atoms with E-state index >= 15 is 0 Å². The maximum atomic E-state index is 12.7. The van der Waals surface area contributed by atoms with E-state index in [4.69, 9.17) is 4.74 Å². The molecule has 1 heterocycles. The van der Waals surface area contributed by atoms with Crippen molar-refractivity contribution in [2.45, 2.75) is 19.5 Å². The van der Waals surface area contributed by atoms with Gasteiger partial charge in [-0.1, -0.05) is 17.9 Å². The number of alkyl halides is 3. The summed E-state index contributed by atoms with van der Waals surface area (Å²) in [7, 11) is 1.70. The molecule has 0 bridgehead atoms. The van der Waals surface area contributed by atoms with Crippen LogP contribution in [0.5, 0.6) is 0 Å². The molecule has 0 saturated carbocycles. The summed E-state index contributed by atoms with van der Waals surface area (Å²) in [5.74, 6) is 6.85. The first-order valence-corrected chi connectivity index (χ1v) is 8.62. The third kappa shape index (κ3) is 7.58. The Morgan fingerprint density at radius 1 is 1.41 bits per heavy atom. The predicted octanol–water partition coefficient (Wildman–Crippen LogP) is 3.61. The Balaban J connectivity index is 0.00000364. The molecule has 1 aliphatic heterocycles. The molecule has 0 spiro atoms. The van der Waals surface area contributed by atoms with Gasteiger partial charge < -0.3 is 15.0 Å². The molecule has 0 aromatic heterocycles. The standard InChI is InChI=1S/C19H24F3N3O.HI/c1-3-23-18(25-11-9-16(13-25)14-26-2)24-10-5-7-15-6-4-8-17(12-15)19(20,21)22;/h4,6,8,12,16H,3,9-11,13-14H2,1-2H3,(H,23,24);1H. The molecule has 1 unspecified atom stereocenters. The number of guanidine groups is 1. The normalized spacial score (nSPS) is 17.1. The van der Waals surface area contributed by atoms with E-state index in [1.165, 1.54) is 6.07 Å². The van der Waals surface area contributed by atoms with Gasteiger partial charge in [0.2, 0.25) is 0 Å². The highest BCUT2D eigenvalue weighted by molar-refractivity contribution is 14.0. The minimum Gasteiger partial charge on any atom is -0.384 e. The number of methoxy groups -OCH3 is 1. The number of benzene rings is 1. The quantitative estimate of drug-likeness (QED) is 0.300. The maximum absolute atomic E-state index is 12.7. The summed E-state index contributed by atoms with van der Waals surface area (Å²) < 4.78 is 43.3. The number of likely N-dealkylation sites (tertiary alicyclic amines) is 1. The van der Waals surface area contributed by atoms with Crippen LogP contribution in [0, 0.1) is 17.8 Å². The summed E-state index contributed by atoms with van der Waals surface area (Å²) in [5, 5.41) is 3.23. The zero-order valence-corrected chi connectivity index (χ0v) is 17.8. The molecular formula is C19H25F3IN3O. The Morgan fingerprint density at radius 3 is 2.85 bits per heavy atom. The summed E-state index contributed by atoms with van der Waals surface area (Å²) in [6.45, 7) is 5.47. The van der Waals surface area contributed by atoms with Crippen LogP contribution in [0.2, 0.25) is 0 Å². The van der Waals surface area contributed by atoms with Gasteiger partial charge >= 0.3 is 6.18 Å². The van der Waals surface area contributed by atoms with Gasteiger partial charge in [0.05, 0.1) is 12.2 Å². The summed E-state index contributed by atoms with van der Waals surface area (Å²) in [6, 6.07) is 5.02. The molecule has 1 N–H and O–H groups in total. The van der Waals surface area contributed by atoms with Gasteiger partial charge in [-0.25, -0.2) is 4.99 Å². The van der Waals surface area contributed by atoms with Crippen LogP contribution in [0.25, 0.3) is 0 Å². The molecule has 1 aliphatic rings. The van der Waals surface area contributed by atoms with Crippen molar-refractivity contribution in [1.29, 1.82) is 0 Å². The van der Waals surface area contributed by atoms with Gasteiger partial charge in [-0.15, -0.1) is 24.0 Å². The van der Waals surface area contributed by atoms with Crippen molar-refractivity contribution >= 4 is 29.9 Å². The summed E-state index contributed by atoms with van der Waals surface area (Å²) in [4.78, 5) is 6.64. The first-order valence-electron chi connectivity index (χ1n) is 8.62. The zero-order valence-electron chi connectivity index (χ0n) is 15.5. The molecule has 0 amide bonds. The predicted molar refractivity (Wildman–Crippen MR) is 111 cm³/mol. The lowest BCUT2D eigenvalue weighted by Gasteiger charge is -2.21. The SMILES string of the molecule is CCNC(=NCC#Cc1cccc(C(F)(F)F)c1)N1CCC(COC)C1.I. The largest absolute Gasteiger partial charge is 0.416 e. The van der Waals surface area contributed by atoms with Gasteiger partial charge in [0, 0.05) is 38.2 Å². The van der Waals surface area contributed by atoms with Gasteiger partial charge in [-0.05, 0) is 31.5 Å². The molecule has 0 radical (unpaired) electrons. The van der Waals surface area contributed by atoms with Crippen LogP contribution in [0.3, 0.4) is 0 Å². The van der Waals surface area contributed by atoms with Crippen molar-refractivity contribution < 1.29 is 17.9 Å². The second kappa shape index (κ2) is 11.4. The third-order valence-corrected chi connectivity index (χ3v) is 4.05. The van der Waals surface area contributed by atoms with Crippen molar-refractivity contribution in [2.24, 2.45) is 10.9 Å². The highest BCUT2D eigenvalue weighted by Crippen LogP contribution is 2.29. The van der Waals surface area contributed by atoms with E-state index in [1.54, 1.807) is 13.2 Å². The number of hydrogen-bond acceptors (Lipinski definition) is 2. The van der Waals surface area contributed by atoms with Crippen LogP contribution in [-0.2, 0) is 10.9 Å². The average molecular weight is 495 g/mol. The van der Waals surface area contributed by atoms with Gasteiger partial charge in [-0.3, -0.25) is 0 Å². The third-order valence-electron chi connectivity index (χ3n) is 4.05. The van der Waals surface area contributed by atoms with Crippen molar-refractivity contribution in [3.63, 3.8) is 0 Å². The fraction of sp³-hybridized carbons (Fsp3) is 0.526. The first kappa shape index (κ1) is 23.6. The lowest BCUT2D eigenvalue weighted by molar-refractivity contribution is -0.137. The Bertz CT molecular complexity index is 683. The second-order valence-electron chi connectivity index (χ2n) is 6.11. The molecule has 0 aliphatic carbocycles. The van der Waals surface area contributed by atoms with Crippen molar-refractivity contribution in [1.82, 2.24) is 10.2 Å².